The third-order valence-electron chi connectivity index (χ3n) is 3.54. The van der Waals surface area contributed by atoms with E-state index in [0.29, 0.717) is 0 Å². The lowest BCUT2D eigenvalue weighted by molar-refractivity contribution is 1.09. The Balaban J connectivity index is 1.90. The molecule has 106 valence electrons. The summed E-state index contributed by atoms with van der Waals surface area (Å²) in [7, 11) is 0. The molecule has 0 aliphatic carbocycles. The molecule has 0 saturated carbocycles. The summed E-state index contributed by atoms with van der Waals surface area (Å²) in [5.74, 6) is 1.53. The van der Waals surface area contributed by atoms with E-state index >= 15 is 0 Å². The van der Waals surface area contributed by atoms with Crippen LogP contribution in [0.3, 0.4) is 0 Å². The summed E-state index contributed by atoms with van der Waals surface area (Å²) in [6.45, 7) is 0. The van der Waals surface area contributed by atoms with Gasteiger partial charge in [-0.25, -0.2) is 4.98 Å². The quantitative estimate of drug-likeness (QED) is 0.588. The molecule has 2 aromatic carbocycles. The minimum Gasteiger partial charge on any atom is -0.323 e. The molecule has 0 bridgehead atoms. The van der Waals surface area contributed by atoms with Crippen LogP contribution in [0.5, 0.6) is 0 Å². The van der Waals surface area contributed by atoms with Crippen LogP contribution < -0.4 is 5.32 Å². The first-order chi connectivity index (χ1) is 10.9. The normalized spacial score (nSPS) is 10.7. The number of rotatable bonds is 3. The zero-order valence-electron chi connectivity index (χ0n) is 11.8. The van der Waals surface area contributed by atoms with Crippen LogP contribution in [-0.4, -0.2) is 15.2 Å². The predicted molar refractivity (Wildman–Crippen MR) is 89.0 cm³/mol. The topological polar surface area (TPSA) is 53.6 Å². The van der Waals surface area contributed by atoms with Crippen molar-refractivity contribution in [2.24, 2.45) is 0 Å². The number of hydrogen-bond donors (Lipinski definition) is 2. The maximum atomic E-state index is 4.78. The van der Waals surface area contributed by atoms with E-state index in [0.717, 1.165) is 33.7 Å². The molecule has 0 aliphatic heterocycles. The van der Waals surface area contributed by atoms with E-state index in [1.807, 2.05) is 42.5 Å². The monoisotopic (exact) mass is 286 g/mol. The van der Waals surface area contributed by atoms with Gasteiger partial charge in [0.15, 0.2) is 5.82 Å². The summed E-state index contributed by atoms with van der Waals surface area (Å²) in [6, 6.07) is 22.4. The first-order valence-electron chi connectivity index (χ1n) is 7.12. The number of benzene rings is 2. The maximum Gasteiger partial charge on any atom is 0.153 e. The highest BCUT2D eigenvalue weighted by atomic mass is 15.2. The Kier molecular flexibility index (Phi) is 3.05. The van der Waals surface area contributed by atoms with Crippen LogP contribution in [0.25, 0.3) is 22.0 Å². The molecule has 0 radical (unpaired) electrons. The van der Waals surface area contributed by atoms with Crippen molar-refractivity contribution in [2.75, 3.05) is 5.32 Å². The predicted octanol–water partition coefficient (Wildman–Crippen LogP) is 4.37. The molecular formula is C18H14N4. The highest BCUT2D eigenvalue weighted by Gasteiger charge is 2.08. The Bertz CT molecular complexity index is 899. The standard InChI is InChI=1S/C18H14N4/c1-2-6-13(7-3-1)18-15-9-5-4-8-14(15)12-17(21-18)20-16-10-11-19-22-16/h1-12H,(H2,19,20,21,22). The SMILES string of the molecule is c1ccc(-c2nc(Nc3cc[nH]n3)cc3ccccc23)cc1. The minimum atomic E-state index is 0.752. The van der Waals surface area contributed by atoms with Crippen molar-refractivity contribution in [1.29, 1.82) is 0 Å². The fourth-order valence-electron chi connectivity index (χ4n) is 2.54. The van der Waals surface area contributed by atoms with E-state index < -0.39 is 0 Å². The molecule has 0 aliphatic rings. The molecule has 22 heavy (non-hydrogen) atoms. The molecule has 0 unspecified atom stereocenters. The zero-order chi connectivity index (χ0) is 14.8. The van der Waals surface area contributed by atoms with Crippen molar-refractivity contribution >= 4 is 22.4 Å². The number of fused-ring (bicyclic) bond motifs is 1. The smallest absolute Gasteiger partial charge is 0.153 e. The molecule has 4 aromatic rings. The minimum absolute atomic E-state index is 0.752. The van der Waals surface area contributed by atoms with E-state index in [1.54, 1.807) is 6.20 Å². The van der Waals surface area contributed by atoms with Gasteiger partial charge in [-0.3, -0.25) is 5.10 Å². The number of nitrogens with one attached hydrogen (secondary N) is 2. The van der Waals surface area contributed by atoms with E-state index in [-0.39, 0.29) is 0 Å². The molecular weight excluding hydrogens is 272 g/mol. The molecule has 4 heteroatoms. The maximum absolute atomic E-state index is 4.78. The van der Waals surface area contributed by atoms with Crippen molar-refractivity contribution in [1.82, 2.24) is 15.2 Å². The van der Waals surface area contributed by atoms with E-state index in [9.17, 15) is 0 Å². The number of aromatic amines is 1. The highest BCUT2D eigenvalue weighted by molar-refractivity contribution is 5.96. The third kappa shape index (κ3) is 2.31. The second kappa shape index (κ2) is 5.33. The largest absolute Gasteiger partial charge is 0.323 e. The zero-order valence-corrected chi connectivity index (χ0v) is 11.8. The summed E-state index contributed by atoms with van der Waals surface area (Å²) in [5.41, 5.74) is 2.07. The number of nitrogens with zero attached hydrogens (tertiary/aromatic N) is 2. The van der Waals surface area contributed by atoms with Gasteiger partial charge < -0.3 is 5.32 Å². The molecule has 2 heterocycles. The van der Waals surface area contributed by atoms with Gasteiger partial charge in [-0.15, -0.1) is 0 Å². The summed E-state index contributed by atoms with van der Waals surface area (Å²) in [4.78, 5) is 4.78. The number of aromatic nitrogens is 3. The van der Waals surface area contributed by atoms with Crippen LogP contribution in [0.2, 0.25) is 0 Å². The first-order valence-corrected chi connectivity index (χ1v) is 7.12. The van der Waals surface area contributed by atoms with Crippen LogP contribution in [-0.2, 0) is 0 Å². The number of H-pyrrole nitrogens is 1. The Morgan fingerprint density at radius 2 is 1.64 bits per heavy atom. The van der Waals surface area contributed by atoms with E-state index in [4.69, 9.17) is 4.98 Å². The third-order valence-corrected chi connectivity index (χ3v) is 3.54. The Morgan fingerprint density at radius 1 is 0.818 bits per heavy atom. The van der Waals surface area contributed by atoms with Crippen LogP contribution >= 0.6 is 0 Å². The van der Waals surface area contributed by atoms with Crippen LogP contribution in [0.4, 0.5) is 11.6 Å². The average Bonchev–Trinajstić information content (AvgIpc) is 3.08. The van der Waals surface area contributed by atoms with Crippen molar-refractivity contribution in [3.05, 3.63) is 72.9 Å². The molecule has 4 nitrogen and oxygen atoms in total. The van der Waals surface area contributed by atoms with Gasteiger partial charge in [-0.05, 0) is 11.5 Å². The summed E-state index contributed by atoms with van der Waals surface area (Å²) in [6.07, 6.45) is 1.78. The van der Waals surface area contributed by atoms with Gasteiger partial charge in [0.2, 0.25) is 0 Å². The summed E-state index contributed by atoms with van der Waals surface area (Å²) in [5, 5.41) is 12.4. The van der Waals surface area contributed by atoms with Gasteiger partial charge in [-0.1, -0.05) is 54.6 Å². The Labute approximate surface area is 127 Å². The van der Waals surface area contributed by atoms with Crippen molar-refractivity contribution in [2.45, 2.75) is 0 Å². The average molecular weight is 286 g/mol. The van der Waals surface area contributed by atoms with E-state index in [1.165, 1.54) is 0 Å². The van der Waals surface area contributed by atoms with Crippen LogP contribution in [0.15, 0.2) is 72.9 Å². The molecule has 0 fully saturated rings. The fraction of sp³-hybridized carbons (Fsp3) is 0. The van der Waals surface area contributed by atoms with Gasteiger partial charge in [-0.2, -0.15) is 5.10 Å². The second-order valence-electron chi connectivity index (χ2n) is 5.03. The molecule has 2 aromatic heterocycles. The highest BCUT2D eigenvalue weighted by Crippen LogP contribution is 2.29. The van der Waals surface area contributed by atoms with Crippen LogP contribution in [0.1, 0.15) is 0 Å². The van der Waals surface area contributed by atoms with Crippen molar-refractivity contribution in [3.63, 3.8) is 0 Å². The Morgan fingerprint density at radius 3 is 2.45 bits per heavy atom. The lowest BCUT2D eigenvalue weighted by Gasteiger charge is -2.10. The lowest BCUT2D eigenvalue weighted by Crippen LogP contribution is -1.96. The molecule has 0 saturated heterocycles. The molecule has 2 N–H and O–H groups in total. The van der Waals surface area contributed by atoms with Gasteiger partial charge in [0, 0.05) is 23.2 Å². The fourth-order valence-corrected chi connectivity index (χ4v) is 2.54. The summed E-state index contributed by atoms with van der Waals surface area (Å²) < 4.78 is 0. The lowest BCUT2D eigenvalue weighted by atomic mass is 10.0. The van der Waals surface area contributed by atoms with Gasteiger partial charge in [0.1, 0.15) is 5.82 Å². The van der Waals surface area contributed by atoms with E-state index in [2.05, 4.69) is 39.8 Å². The molecule has 4 rings (SSSR count). The number of anilines is 2. The molecule has 0 atom stereocenters. The van der Waals surface area contributed by atoms with Crippen molar-refractivity contribution in [3.8, 4) is 11.3 Å². The first kappa shape index (κ1) is 12.6. The van der Waals surface area contributed by atoms with Crippen LogP contribution in [0, 0.1) is 0 Å². The molecule has 0 spiro atoms. The summed E-state index contributed by atoms with van der Waals surface area (Å²) >= 11 is 0. The molecule has 0 amide bonds. The van der Waals surface area contributed by atoms with Crippen molar-refractivity contribution < 1.29 is 0 Å². The number of hydrogen-bond acceptors (Lipinski definition) is 3. The van der Waals surface area contributed by atoms with Gasteiger partial charge >= 0.3 is 0 Å². The van der Waals surface area contributed by atoms with Gasteiger partial charge in [0.25, 0.3) is 0 Å². The second-order valence-corrected chi connectivity index (χ2v) is 5.03. The Hall–Kier alpha value is -3.14. The number of pyridine rings is 1. The van der Waals surface area contributed by atoms with Gasteiger partial charge in [0.05, 0.1) is 5.69 Å².